The summed E-state index contributed by atoms with van der Waals surface area (Å²) in [6.07, 6.45) is 2.54. The molecule has 1 amide bonds. The molecule has 0 spiro atoms. The molecule has 2 atom stereocenters. The Labute approximate surface area is 177 Å². The largest absolute Gasteiger partial charge is 0.385 e. The van der Waals surface area contributed by atoms with Gasteiger partial charge in [-0.15, -0.1) is 24.0 Å². The van der Waals surface area contributed by atoms with Gasteiger partial charge < -0.3 is 5.11 Å². The van der Waals surface area contributed by atoms with Crippen LogP contribution in [0.3, 0.4) is 0 Å². The highest BCUT2D eigenvalue weighted by Gasteiger charge is 2.38. The number of benzene rings is 1. The van der Waals surface area contributed by atoms with Crippen molar-refractivity contribution in [1.82, 2.24) is 9.32 Å². The minimum absolute atomic E-state index is 0. The third-order valence-electron chi connectivity index (χ3n) is 4.75. The van der Waals surface area contributed by atoms with Gasteiger partial charge in [0.05, 0.1) is 17.5 Å². The zero-order chi connectivity index (χ0) is 19.2. The average molecular weight is 438 g/mol. The van der Waals surface area contributed by atoms with Gasteiger partial charge in [0.1, 0.15) is 5.78 Å². The summed E-state index contributed by atoms with van der Waals surface area (Å²) in [7, 11) is 0. The Morgan fingerprint density at radius 2 is 1.96 bits per heavy atom. The van der Waals surface area contributed by atoms with Gasteiger partial charge in [-0.2, -0.15) is 0 Å². The molecule has 1 aromatic rings. The van der Waals surface area contributed by atoms with Crippen LogP contribution in [0, 0.1) is 0 Å². The molecule has 1 saturated heterocycles. The number of amides is 1. The first-order chi connectivity index (χ1) is 12.3. The zero-order valence-corrected chi connectivity index (χ0v) is 17.8. The first-order valence-electron chi connectivity index (χ1n) is 8.93. The maximum Gasteiger partial charge on any atom is 0.244 e. The third-order valence-corrected chi connectivity index (χ3v) is 5.53. The molecular weight excluding hydrogens is 411 g/mol. The number of nitrogens with zero attached hydrogens (tertiary/aromatic N) is 2. The molecule has 0 aromatic heterocycles. The molecule has 27 heavy (non-hydrogen) atoms. The van der Waals surface area contributed by atoms with E-state index in [-0.39, 0.29) is 36.0 Å². The lowest BCUT2D eigenvalue weighted by atomic mass is 9.84. The Morgan fingerprint density at radius 1 is 1.30 bits per heavy atom. The second-order valence-electron chi connectivity index (χ2n) is 6.89. The smallest absolute Gasteiger partial charge is 0.244 e. The number of ketones is 1. The zero-order valence-electron chi connectivity index (χ0n) is 15.4. The first kappa shape index (κ1) is 24.2. The van der Waals surface area contributed by atoms with Gasteiger partial charge in [-0.05, 0) is 38.3 Å². The van der Waals surface area contributed by atoms with Crippen LogP contribution in [0.25, 0.3) is 0 Å². The predicted molar refractivity (Wildman–Crippen MR) is 110 cm³/mol. The highest BCUT2D eigenvalue weighted by molar-refractivity contribution is 6.22. The van der Waals surface area contributed by atoms with Crippen molar-refractivity contribution < 1.29 is 14.7 Å². The highest BCUT2D eigenvalue weighted by atomic mass is 35.5. The number of carbonyl (C=O) groups is 2. The van der Waals surface area contributed by atoms with Crippen molar-refractivity contribution in [1.29, 1.82) is 0 Å². The van der Waals surface area contributed by atoms with Crippen LogP contribution in [0.5, 0.6) is 0 Å². The van der Waals surface area contributed by atoms with E-state index in [0.29, 0.717) is 25.9 Å². The number of rotatable bonds is 8. The molecule has 1 N–H and O–H groups in total. The minimum atomic E-state index is -0.879. The van der Waals surface area contributed by atoms with Gasteiger partial charge in [0.15, 0.2) is 0 Å². The summed E-state index contributed by atoms with van der Waals surface area (Å²) >= 11 is 12.4. The molecule has 1 aromatic carbocycles. The molecule has 0 bridgehead atoms. The van der Waals surface area contributed by atoms with Crippen molar-refractivity contribution in [2.24, 2.45) is 0 Å². The second-order valence-corrected chi connectivity index (χ2v) is 7.80. The lowest BCUT2D eigenvalue weighted by Crippen LogP contribution is -2.47. The Hall–Kier alpha value is -0.850. The Bertz CT molecular complexity index is 617. The van der Waals surface area contributed by atoms with Crippen LogP contribution in [0.15, 0.2) is 30.3 Å². The van der Waals surface area contributed by atoms with Gasteiger partial charge in [0.25, 0.3) is 0 Å². The van der Waals surface area contributed by atoms with Crippen molar-refractivity contribution in [2.75, 3.05) is 19.6 Å². The summed E-state index contributed by atoms with van der Waals surface area (Å²) in [5.74, 6) is -0.551. The lowest BCUT2D eigenvalue weighted by molar-refractivity contribution is -0.131. The molecule has 1 aliphatic heterocycles. The van der Waals surface area contributed by atoms with Gasteiger partial charge in [0.2, 0.25) is 5.91 Å². The summed E-state index contributed by atoms with van der Waals surface area (Å²) in [4.78, 5) is 24.7. The molecule has 5 nitrogen and oxygen atoms in total. The Balaban J connectivity index is 0.00000364. The van der Waals surface area contributed by atoms with E-state index in [1.807, 2.05) is 30.3 Å². The van der Waals surface area contributed by atoms with Crippen molar-refractivity contribution in [3.63, 3.8) is 0 Å². The van der Waals surface area contributed by atoms with E-state index in [1.165, 1.54) is 6.92 Å². The summed E-state index contributed by atoms with van der Waals surface area (Å²) < 4.78 is 1.09. The summed E-state index contributed by atoms with van der Waals surface area (Å²) in [5, 5.41) is 10.9. The third kappa shape index (κ3) is 7.24. The number of likely N-dealkylation sites (tertiary alicyclic amines) is 1. The van der Waals surface area contributed by atoms with Crippen LogP contribution >= 0.6 is 35.8 Å². The number of halogens is 3. The van der Waals surface area contributed by atoms with E-state index in [9.17, 15) is 14.7 Å². The fraction of sp³-hybridized carbons (Fsp3) is 0.579. The number of hydrogen-bond acceptors (Lipinski definition) is 4. The number of hydrogen-bond donors (Lipinski definition) is 1. The molecule has 2 unspecified atom stereocenters. The summed E-state index contributed by atoms with van der Waals surface area (Å²) in [6, 6.07) is 9.66. The van der Waals surface area contributed by atoms with Crippen LogP contribution in [-0.4, -0.2) is 51.3 Å². The monoisotopic (exact) mass is 436 g/mol. The van der Waals surface area contributed by atoms with E-state index in [0.717, 1.165) is 29.4 Å². The van der Waals surface area contributed by atoms with Gasteiger partial charge >= 0.3 is 0 Å². The number of piperidine rings is 1. The fourth-order valence-electron chi connectivity index (χ4n) is 3.23. The maximum absolute atomic E-state index is 11.6. The average Bonchev–Trinajstić information content (AvgIpc) is 2.60. The normalized spacial score (nSPS) is 22.7. The standard InChI is InChI=1S/C19H26Cl2N2O3.ClH/c1-15(24)13-18(25)23(21)11-6-5-10-22-12-9-19(26,14-17(22)20)16-7-3-2-4-8-16;/h2-4,7-8,17,26H,5-6,9-14H2,1H3;1H. The molecule has 2 rings (SSSR count). The van der Waals surface area contributed by atoms with Crippen molar-refractivity contribution in [3.8, 4) is 0 Å². The fourth-order valence-corrected chi connectivity index (χ4v) is 3.86. The van der Waals surface area contributed by atoms with E-state index in [1.54, 1.807) is 0 Å². The predicted octanol–water partition coefficient (Wildman–Crippen LogP) is 3.70. The minimum Gasteiger partial charge on any atom is -0.385 e. The van der Waals surface area contributed by atoms with Gasteiger partial charge in [-0.25, -0.2) is 0 Å². The molecular formula is C19H27Cl3N2O3. The van der Waals surface area contributed by atoms with E-state index in [4.69, 9.17) is 23.4 Å². The molecule has 152 valence electrons. The van der Waals surface area contributed by atoms with Crippen LogP contribution < -0.4 is 0 Å². The van der Waals surface area contributed by atoms with Crippen LogP contribution in [0.4, 0.5) is 0 Å². The van der Waals surface area contributed by atoms with Crippen molar-refractivity contribution in [2.45, 2.75) is 50.1 Å². The summed E-state index contributed by atoms with van der Waals surface area (Å²) in [6.45, 7) is 3.27. The molecule has 1 heterocycles. The van der Waals surface area contributed by atoms with Crippen molar-refractivity contribution >= 4 is 47.5 Å². The number of Topliss-reactive ketones (excluding diaryl/α,β-unsaturated/α-hetero) is 1. The van der Waals surface area contributed by atoms with Gasteiger partial charge in [0, 0.05) is 31.3 Å². The number of carbonyl (C=O) groups excluding carboxylic acids is 2. The number of alkyl halides is 1. The quantitative estimate of drug-likeness (QED) is 0.221. The molecule has 0 saturated carbocycles. The Morgan fingerprint density at radius 3 is 2.56 bits per heavy atom. The summed E-state index contributed by atoms with van der Waals surface area (Å²) in [5.41, 5.74) is -0.205. The molecule has 0 aliphatic carbocycles. The number of aliphatic hydroxyl groups is 1. The van der Waals surface area contributed by atoms with Crippen LogP contribution in [-0.2, 0) is 15.2 Å². The van der Waals surface area contributed by atoms with Gasteiger partial charge in [-0.1, -0.05) is 30.3 Å². The molecule has 1 aliphatic rings. The number of unbranched alkanes of at least 4 members (excludes halogenated alkanes) is 1. The Kier molecular flexibility index (Phi) is 10.1. The second kappa shape index (κ2) is 11.2. The van der Waals surface area contributed by atoms with E-state index < -0.39 is 5.60 Å². The SMILES string of the molecule is CC(=O)CC(=O)N(Cl)CCCCN1CCC(O)(c2ccccc2)CC1Cl.Cl. The van der Waals surface area contributed by atoms with Crippen LogP contribution in [0.2, 0.25) is 0 Å². The van der Waals surface area contributed by atoms with Gasteiger partial charge in [-0.3, -0.25) is 18.9 Å². The van der Waals surface area contributed by atoms with Crippen LogP contribution in [0.1, 0.15) is 44.6 Å². The maximum atomic E-state index is 11.6. The highest BCUT2D eigenvalue weighted by Crippen LogP contribution is 2.37. The molecule has 0 radical (unpaired) electrons. The first-order valence-corrected chi connectivity index (χ1v) is 9.71. The van der Waals surface area contributed by atoms with E-state index in [2.05, 4.69) is 4.90 Å². The molecule has 1 fully saturated rings. The molecule has 8 heteroatoms. The van der Waals surface area contributed by atoms with Crippen molar-refractivity contribution in [3.05, 3.63) is 35.9 Å². The lowest BCUT2D eigenvalue weighted by Gasteiger charge is -2.41. The van der Waals surface area contributed by atoms with E-state index >= 15 is 0 Å². The topological polar surface area (TPSA) is 60.9 Å².